The van der Waals surface area contributed by atoms with E-state index in [0.717, 1.165) is 17.7 Å². The fourth-order valence-corrected chi connectivity index (χ4v) is 2.30. The van der Waals surface area contributed by atoms with Crippen molar-refractivity contribution in [3.63, 3.8) is 0 Å². The molecule has 1 amide bonds. The van der Waals surface area contributed by atoms with Crippen molar-refractivity contribution in [2.75, 3.05) is 13.2 Å². The molecule has 7 heteroatoms. The van der Waals surface area contributed by atoms with Crippen LogP contribution < -0.4 is 10.1 Å². The van der Waals surface area contributed by atoms with E-state index >= 15 is 0 Å². The highest BCUT2D eigenvalue weighted by atomic mass is 19.1. The number of carbonyl (C=O) groups excluding carboxylic acids is 1. The lowest BCUT2D eigenvalue weighted by molar-refractivity contribution is -0.121. The number of rotatable bonds is 9. The highest BCUT2D eigenvalue weighted by Crippen LogP contribution is 2.17. The Morgan fingerprint density at radius 3 is 2.65 bits per heavy atom. The van der Waals surface area contributed by atoms with E-state index in [9.17, 15) is 18.4 Å². The Balaban J connectivity index is 1.64. The zero-order chi connectivity index (χ0) is 18.9. The molecule has 138 valence electrons. The van der Waals surface area contributed by atoms with Gasteiger partial charge in [-0.25, -0.2) is 13.6 Å². The van der Waals surface area contributed by atoms with Gasteiger partial charge in [0.15, 0.2) is 11.6 Å². The number of ether oxygens (including phenoxy) is 1. The van der Waals surface area contributed by atoms with Crippen molar-refractivity contribution in [2.45, 2.75) is 19.3 Å². The van der Waals surface area contributed by atoms with Gasteiger partial charge < -0.3 is 15.2 Å². The van der Waals surface area contributed by atoms with E-state index in [-0.39, 0.29) is 30.2 Å². The molecule has 0 aliphatic heterocycles. The van der Waals surface area contributed by atoms with Crippen LogP contribution in [0.25, 0.3) is 0 Å². The van der Waals surface area contributed by atoms with Crippen molar-refractivity contribution in [3.05, 3.63) is 65.2 Å². The summed E-state index contributed by atoms with van der Waals surface area (Å²) in [7, 11) is 0. The second-order valence-electron chi connectivity index (χ2n) is 5.63. The minimum Gasteiger partial charge on any atom is -0.491 e. The Kier molecular flexibility index (Phi) is 7.08. The van der Waals surface area contributed by atoms with Gasteiger partial charge in [-0.05, 0) is 42.7 Å². The van der Waals surface area contributed by atoms with E-state index in [1.54, 1.807) is 18.2 Å². The lowest BCUT2D eigenvalue weighted by atomic mass is 10.1. The Morgan fingerprint density at radius 2 is 1.92 bits per heavy atom. The van der Waals surface area contributed by atoms with Gasteiger partial charge in [-0.1, -0.05) is 12.1 Å². The van der Waals surface area contributed by atoms with Gasteiger partial charge in [-0.3, -0.25) is 4.79 Å². The van der Waals surface area contributed by atoms with Crippen LogP contribution in [-0.4, -0.2) is 30.1 Å². The van der Waals surface area contributed by atoms with Crippen molar-refractivity contribution >= 4 is 11.9 Å². The molecule has 0 aliphatic carbocycles. The van der Waals surface area contributed by atoms with Crippen LogP contribution in [0.3, 0.4) is 0 Å². The van der Waals surface area contributed by atoms with Gasteiger partial charge in [0, 0.05) is 19.0 Å². The van der Waals surface area contributed by atoms with Crippen molar-refractivity contribution in [1.29, 1.82) is 0 Å². The van der Waals surface area contributed by atoms with E-state index < -0.39 is 17.6 Å². The van der Waals surface area contributed by atoms with Gasteiger partial charge in [0.1, 0.15) is 5.82 Å². The Hall–Kier alpha value is -2.96. The summed E-state index contributed by atoms with van der Waals surface area (Å²) in [6.45, 7) is 0.520. The molecule has 2 N–H and O–H groups in total. The molecule has 0 saturated carbocycles. The van der Waals surface area contributed by atoms with Crippen LogP contribution >= 0.6 is 0 Å². The quantitative estimate of drug-likeness (QED) is 0.671. The molecule has 26 heavy (non-hydrogen) atoms. The number of carboxylic acids is 1. The Labute approximate surface area is 149 Å². The lowest BCUT2D eigenvalue weighted by Gasteiger charge is -2.08. The van der Waals surface area contributed by atoms with E-state index in [1.165, 1.54) is 12.1 Å². The number of amides is 1. The van der Waals surface area contributed by atoms with E-state index in [1.807, 2.05) is 0 Å². The summed E-state index contributed by atoms with van der Waals surface area (Å²) in [5.74, 6) is -2.68. The van der Waals surface area contributed by atoms with Crippen LogP contribution in [0.2, 0.25) is 0 Å². The number of aromatic carboxylic acids is 1. The summed E-state index contributed by atoms with van der Waals surface area (Å²) in [4.78, 5) is 22.6. The number of carboxylic acid groups (broad SMARTS) is 1. The molecule has 0 spiro atoms. The fraction of sp³-hybridized carbons (Fsp3) is 0.263. The zero-order valence-electron chi connectivity index (χ0n) is 14.0. The first-order chi connectivity index (χ1) is 12.5. The number of carbonyl (C=O) groups is 2. The standard InChI is InChI=1S/C19H19F2NO4/c20-15-6-7-17(16(21)12-15)26-10-2-5-18(23)22-9-8-13-3-1-4-14(11-13)19(24)25/h1,3-4,6-7,11-12H,2,5,8-10H2,(H,22,23)(H,24,25). The predicted molar refractivity (Wildman–Crippen MR) is 91.2 cm³/mol. The molecule has 0 aromatic heterocycles. The predicted octanol–water partition coefficient (Wildman–Crippen LogP) is 3.18. The maximum atomic E-state index is 13.4. The van der Waals surface area contributed by atoms with Crippen molar-refractivity contribution < 1.29 is 28.2 Å². The molecule has 0 fully saturated rings. The second kappa shape index (κ2) is 9.50. The number of nitrogens with one attached hydrogen (secondary N) is 1. The van der Waals surface area contributed by atoms with Gasteiger partial charge in [-0.2, -0.15) is 0 Å². The lowest BCUT2D eigenvalue weighted by Crippen LogP contribution is -2.25. The van der Waals surface area contributed by atoms with Gasteiger partial charge in [0.05, 0.1) is 12.2 Å². The van der Waals surface area contributed by atoms with Crippen molar-refractivity contribution in [3.8, 4) is 5.75 Å². The topological polar surface area (TPSA) is 75.6 Å². The second-order valence-corrected chi connectivity index (χ2v) is 5.63. The average Bonchev–Trinajstić information content (AvgIpc) is 2.60. The minimum atomic E-state index is -0.992. The fourth-order valence-electron chi connectivity index (χ4n) is 2.30. The summed E-state index contributed by atoms with van der Waals surface area (Å²) in [6.07, 6.45) is 1.11. The van der Waals surface area contributed by atoms with Crippen LogP contribution in [0.1, 0.15) is 28.8 Å². The summed E-state index contributed by atoms with van der Waals surface area (Å²) in [5.41, 5.74) is 1.03. The highest BCUT2D eigenvalue weighted by Gasteiger charge is 2.07. The summed E-state index contributed by atoms with van der Waals surface area (Å²) in [5, 5.41) is 11.7. The number of hydrogen-bond donors (Lipinski definition) is 2. The maximum absolute atomic E-state index is 13.4. The summed E-state index contributed by atoms with van der Waals surface area (Å²) < 4.78 is 31.3. The number of hydrogen-bond acceptors (Lipinski definition) is 3. The minimum absolute atomic E-state index is 0.0508. The van der Waals surface area contributed by atoms with Crippen molar-refractivity contribution in [2.24, 2.45) is 0 Å². The van der Waals surface area contributed by atoms with Gasteiger partial charge in [0.25, 0.3) is 0 Å². The third-order valence-corrected chi connectivity index (χ3v) is 3.61. The largest absolute Gasteiger partial charge is 0.491 e. The molecule has 0 atom stereocenters. The maximum Gasteiger partial charge on any atom is 0.335 e. The molecule has 0 saturated heterocycles. The van der Waals surface area contributed by atoms with Gasteiger partial charge >= 0.3 is 5.97 Å². The monoisotopic (exact) mass is 363 g/mol. The van der Waals surface area contributed by atoms with Crippen LogP contribution in [0.15, 0.2) is 42.5 Å². The SMILES string of the molecule is O=C(CCCOc1ccc(F)cc1F)NCCc1cccc(C(=O)O)c1. The van der Waals surface area contributed by atoms with Gasteiger partial charge in [0.2, 0.25) is 5.91 Å². The molecule has 2 aromatic rings. The first-order valence-electron chi connectivity index (χ1n) is 8.12. The third kappa shape index (κ3) is 6.16. The van der Waals surface area contributed by atoms with Crippen LogP contribution in [-0.2, 0) is 11.2 Å². The first-order valence-corrected chi connectivity index (χ1v) is 8.12. The smallest absolute Gasteiger partial charge is 0.335 e. The molecule has 2 aromatic carbocycles. The van der Waals surface area contributed by atoms with Gasteiger partial charge in [-0.15, -0.1) is 0 Å². The zero-order valence-corrected chi connectivity index (χ0v) is 14.0. The molecule has 0 radical (unpaired) electrons. The van der Waals surface area contributed by atoms with E-state index in [4.69, 9.17) is 9.84 Å². The molecule has 5 nitrogen and oxygen atoms in total. The van der Waals surface area contributed by atoms with Crippen LogP contribution in [0, 0.1) is 11.6 Å². The first kappa shape index (κ1) is 19.4. The average molecular weight is 363 g/mol. The molecule has 0 bridgehead atoms. The molecule has 2 rings (SSSR count). The van der Waals surface area contributed by atoms with Crippen molar-refractivity contribution in [1.82, 2.24) is 5.32 Å². The van der Waals surface area contributed by atoms with Crippen LogP contribution in [0.5, 0.6) is 5.75 Å². The molecule has 0 unspecified atom stereocenters. The van der Waals surface area contributed by atoms with E-state index in [0.29, 0.717) is 19.4 Å². The number of benzene rings is 2. The summed E-state index contributed by atoms with van der Waals surface area (Å²) in [6, 6.07) is 9.58. The number of halogens is 2. The Bertz CT molecular complexity index is 780. The molecular weight excluding hydrogens is 344 g/mol. The Morgan fingerprint density at radius 1 is 1.12 bits per heavy atom. The normalized spacial score (nSPS) is 10.4. The van der Waals surface area contributed by atoms with Crippen LogP contribution in [0.4, 0.5) is 8.78 Å². The van der Waals surface area contributed by atoms with E-state index in [2.05, 4.69) is 5.32 Å². The molecule has 0 heterocycles. The molecule has 0 aliphatic rings. The summed E-state index contributed by atoms with van der Waals surface area (Å²) >= 11 is 0. The highest BCUT2D eigenvalue weighted by molar-refractivity contribution is 5.87. The third-order valence-electron chi connectivity index (χ3n) is 3.61. The molecular formula is C19H19F2NO4.